The summed E-state index contributed by atoms with van der Waals surface area (Å²) in [4.78, 5) is 23.0. The first-order valence-corrected chi connectivity index (χ1v) is 11.3. The highest BCUT2D eigenvalue weighted by atomic mass is 35.5. The number of para-hydroxylation sites is 2. The van der Waals surface area contributed by atoms with Crippen LogP contribution >= 0.6 is 23.4 Å². The number of nitro groups is 1. The van der Waals surface area contributed by atoms with Crippen LogP contribution in [-0.4, -0.2) is 31.3 Å². The standard InChI is InChI=1S/C22H22ClN5O4S/c1-4-11-27-21(15(3)32-19-12-14(2)9-10-16(19)23)25-26-22(27)33-13-20(29)24-17-7-5-6-8-18(17)28(30)31/h4-10,12,15H,1,11,13H2,2-3H3,(H,24,29). The SMILES string of the molecule is C=CCn1c(SCC(=O)Nc2ccccc2[N+](=O)[O-])nnc1C(C)Oc1cc(C)ccc1Cl. The number of carbonyl (C=O) groups is 1. The second-order valence-electron chi connectivity index (χ2n) is 7.05. The van der Waals surface area contributed by atoms with Crippen molar-refractivity contribution in [3.8, 4) is 5.75 Å². The molecule has 1 aromatic heterocycles. The van der Waals surface area contributed by atoms with E-state index in [0.717, 1.165) is 17.3 Å². The molecule has 1 atom stereocenters. The summed E-state index contributed by atoms with van der Waals surface area (Å²) in [6.07, 6.45) is 1.23. The maximum Gasteiger partial charge on any atom is 0.292 e. The van der Waals surface area contributed by atoms with Gasteiger partial charge >= 0.3 is 0 Å². The van der Waals surface area contributed by atoms with E-state index >= 15 is 0 Å². The molecule has 9 nitrogen and oxygen atoms in total. The number of rotatable bonds is 10. The van der Waals surface area contributed by atoms with Gasteiger partial charge in [0.1, 0.15) is 11.4 Å². The van der Waals surface area contributed by atoms with E-state index in [0.29, 0.717) is 28.3 Å². The van der Waals surface area contributed by atoms with E-state index in [9.17, 15) is 14.9 Å². The number of benzene rings is 2. The Hall–Kier alpha value is -3.37. The van der Waals surface area contributed by atoms with Crippen LogP contribution in [0, 0.1) is 17.0 Å². The zero-order valence-corrected chi connectivity index (χ0v) is 19.6. The number of carbonyl (C=O) groups excluding carboxylic acids is 1. The average Bonchev–Trinajstić information content (AvgIpc) is 3.18. The topological polar surface area (TPSA) is 112 Å². The maximum absolute atomic E-state index is 12.4. The Kier molecular flexibility index (Phi) is 8.07. The third-order valence-electron chi connectivity index (χ3n) is 4.52. The third-order valence-corrected chi connectivity index (χ3v) is 5.80. The monoisotopic (exact) mass is 487 g/mol. The summed E-state index contributed by atoms with van der Waals surface area (Å²) in [6, 6.07) is 11.5. The molecule has 0 saturated heterocycles. The summed E-state index contributed by atoms with van der Waals surface area (Å²) in [5, 5.41) is 23.1. The van der Waals surface area contributed by atoms with Crippen molar-refractivity contribution in [3.05, 3.63) is 81.6 Å². The molecule has 3 rings (SSSR count). The first-order valence-electron chi connectivity index (χ1n) is 9.93. The molecule has 0 saturated carbocycles. The van der Waals surface area contributed by atoms with Gasteiger partial charge in [-0.1, -0.05) is 47.6 Å². The molecule has 11 heteroatoms. The fourth-order valence-electron chi connectivity index (χ4n) is 3.01. The highest BCUT2D eigenvalue weighted by molar-refractivity contribution is 7.99. The lowest BCUT2D eigenvalue weighted by Gasteiger charge is -2.17. The summed E-state index contributed by atoms with van der Waals surface area (Å²) >= 11 is 7.40. The number of thioether (sulfide) groups is 1. The minimum atomic E-state index is -0.544. The average molecular weight is 488 g/mol. The lowest BCUT2D eigenvalue weighted by molar-refractivity contribution is -0.383. The van der Waals surface area contributed by atoms with Crippen LogP contribution in [0.1, 0.15) is 24.4 Å². The molecule has 3 aromatic rings. The molecule has 33 heavy (non-hydrogen) atoms. The molecule has 1 heterocycles. The number of aromatic nitrogens is 3. The summed E-state index contributed by atoms with van der Waals surface area (Å²) in [6.45, 7) is 7.96. The molecule has 0 bridgehead atoms. The number of allylic oxidation sites excluding steroid dienone is 1. The van der Waals surface area contributed by atoms with Crippen LogP contribution in [0.5, 0.6) is 5.75 Å². The first kappa shape index (κ1) is 24.3. The van der Waals surface area contributed by atoms with E-state index in [1.165, 1.54) is 18.2 Å². The fraction of sp³-hybridized carbons (Fsp3) is 0.227. The van der Waals surface area contributed by atoms with Crippen LogP contribution in [0.4, 0.5) is 11.4 Å². The normalized spacial score (nSPS) is 11.6. The van der Waals surface area contributed by atoms with Crippen molar-refractivity contribution in [2.24, 2.45) is 0 Å². The van der Waals surface area contributed by atoms with Gasteiger partial charge in [-0.05, 0) is 37.6 Å². The maximum atomic E-state index is 12.4. The number of aryl methyl sites for hydroxylation is 1. The van der Waals surface area contributed by atoms with Crippen molar-refractivity contribution >= 4 is 40.6 Å². The lowest BCUT2D eigenvalue weighted by Crippen LogP contribution is -2.16. The Morgan fingerprint density at radius 2 is 2.12 bits per heavy atom. The molecule has 0 aliphatic carbocycles. The largest absolute Gasteiger partial charge is 0.481 e. The first-order chi connectivity index (χ1) is 15.8. The Labute approximate surface area is 200 Å². The molecular weight excluding hydrogens is 466 g/mol. The van der Waals surface area contributed by atoms with Gasteiger partial charge < -0.3 is 10.1 Å². The van der Waals surface area contributed by atoms with Gasteiger partial charge in [0.25, 0.3) is 5.69 Å². The number of halogens is 1. The summed E-state index contributed by atoms with van der Waals surface area (Å²) in [5.74, 6) is 0.671. The van der Waals surface area contributed by atoms with Gasteiger partial charge in [0.05, 0.1) is 15.7 Å². The minimum absolute atomic E-state index is 0.0136. The molecule has 0 fully saturated rings. The fourth-order valence-corrected chi connectivity index (χ4v) is 3.92. The number of hydrogen-bond acceptors (Lipinski definition) is 7. The predicted octanol–water partition coefficient (Wildman–Crippen LogP) is 5.20. The molecule has 2 aromatic carbocycles. The van der Waals surface area contributed by atoms with Gasteiger partial charge in [0.2, 0.25) is 5.91 Å². The number of ether oxygens (including phenoxy) is 1. The third kappa shape index (κ3) is 6.11. The van der Waals surface area contributed by atoms with E-state index in [-0.39, 0.29) is 17.1 Å². The molecule has 1 amide bonds. The summed E-state index contributed by atoms with van der Waals surface area (Å²) in [5.41, 5.74) is 0.974. The lowest BCUT2D eigenvalue weighted by atomic mass is 10.2. The quantitative estimate of drug-likeness (QED) is 0.181. The number of amides is 1. The molecule has 0 aliphatic rings. The smallest absolute Gasteiger partial charge is 0.292 e. The highest BCUT2D eigenvalue weighted by Crippen LogP contribution is 2.31. The van der Waals surface area contributed by atoms with Gasteiger partial charge in [-0.15, -0.1) is 16.8 Å². The van der Waals surface area contributed by atoms with Crippen LogP contribution in [0.25, 0.3) is 0 Å². The summed E-state index contributed by atoms with van der Waals surface area (Å²) in [7, 11) is 0. The number of anilines is 1. The zero-order valence-electron chi connectivity index (χ0n) is 18.0. The number of nitrogens with one attached hydrogen (secondary N) is 1. The second kappa shape index (κ2) is 11.0. The Morgan fingerprint density at radius 3 is 2.85 bits per heavy atom. The predicted molar refractivity (Wildman–Crippen MR) is 128 cm³/mol. The van der Waals surface area contributed by atoms with Crippen molar-refractivity contribution < 1.29 is 14.5 Å². The van der Waals surface area contributed by atoms with Crippen molar-refractivity contribution in [2.45, 2.75) is 31.7 Å². The van der Waals surface area contributed by atoms with Crippen LogP contribution < -0.4 is 10.1 Å². The second-order valence-corrected chi connectivity index (χ2v) is 8.39. The molecule has 0 radical (unpaired) electrons. The van der Waals surface area contributed by atoms with Crippen LogP contribution in [0.2, 0.25) is 5.02 Å². The number of nitro benzene ring substituents is 1. The van der Waals surface area contributed by atoms with E-state index < -0.39 is 16.9 Å². The van der Waals surface area contributed by atoms with Crippen molar-refractivity contribution in [3.63, 3.8) is 0 Å². The summed E-state index contributed by atoms with van der Waals surface area (Å²) < 4.78 is 7.81. The van der Waals surface area contributed by atoms with Crippen molar-refractivity contribution in [1.82, 2.24) is 14.8 Å². The van der Waals surface area contributed by atoms with Gasteiger partial charge in [0.15, 0.2) is 17.1 Å². The Bertz CT molecular complexity index is 1180. The van der Waals surface area contributed by atoms with E-state index in [1.54, 1.807) is 22.8 Å². The van der Waals surface area contributed by atoms with E-state index in [2.05, 4.69) is 22.1 Å². The highest BCUT2D eigenvalue weighted by Gasteiger charge is 2.21. The Morgan fingerprint density at radius 1 is 1.36 bits per heavy atom. The Balaban J connectivity index is 1.71. The molecule has 172 valence electrons. The van der Waals surface area contributed by atoms with Crippen LogP contribution in [-0.2, 0) is 11.3 Å². The molecule has 1 unspecified atom stereocenters. The molecule has 1 N–H and O–H groups in total. The van der Waals surface area contributed by atoms with E-state index in [4.69, 9.17) is 16.3 Å². The van der Waals surface area contributed by atoms with Crippen LogP contribution in [0.15, 0.2) is 60.3 Å². The van der Waals surface area contributed by atoms with Gasteiger partial charge in [-0.25, -0.2) is 0 Å². The molecule has 0 aliphatic heterocycles. The van der Waals surface area contributed by atoms with Crippen molar-refractivity contribution in [1.29, 1.82) is 0 Å². The molecular formula is C22H22ClN5O4S. The number of nitrogens with zero attached hydrogens (tertiary/aromatic N) is 4. The van der Waals surface area contributed by atoms with Crippen LogP contribution in [0.3, 0.4) is 0 Å². The van der Waals surface area contributed by atoms with Crippen molar-refractivity contribution in [2.75, 3.05) is 11.1 Å². The number of hydrogen-bond donors (Lipinski definition) is 1. The molecule has 0 spiro atoms. The minimum Gasteiger partial charge on any atom is -0.481 e. The van der Waals surface area contributed by atoms with Gasteiger partial charge in [0, 0.05) is 12.6 Å². The van der Waals surface area contributed by atoms with E-state index in [1.807, 2.05) is 26.0 Å². The van der Waals surface area contributed by atoms with Gasteiger partial charge in [-0.3, -0.25) is 19.5 Å². The van der Waals surface area contributed by atoms with Gasteiger partial charge in [-0.2, -0.15) is 0 Å². The zero-order chi connectivity index (χ0) is 24.0.